The first-order chi connectivity index (χ1) is 14.6. The van der Waals surface area contributed by atoms with Crippen molar-refractivity contribution in [2.75, 3.05) is 19.1 Å². The lowest BCUT2D eigenvalue weighted by Crippen LogP contribution is -2.30. The van der Waals surface area contributed by atoms with Crippen LogP contribution in [0.1, 0.15) is 15.9 Å². The molecule has 2 heterocycles. The zero-order valence-electron chi connectivity index (χ0n) is 16.3. The van der Waals surface area contributed by atoms with Crippen LogP contribution in [-0.2, 0) is 6.54 Å². The average Bonchev–Trinajstić information content (AvgIpc) is 3.22. The lowest BCUT2D eigenvalue weighted by atomic mass is 10.1. The second-order valence-electron chi connectivity index (χ2n) is 6.37. The molecule has 0 saturated carbocycles. The van der Waals surface area contributed by atoms with Gasteiger partial charge in [0.1, 0.15) is 5.52 Å². The molecule has 4 rings (SSSR count). The van der Waals surface area contributed by atoms with E-state index in [0.29, 0.717) is 39.3 Å². The van der Waals surface area contributed by atoms with E-state index in [0.717, 1.165) is 10.3 Å². The van der Waals surface area contributed by atoms with Gasteiger partial charge in [-0.2, -0.15) is 0 Å². The van der Waals surface area contributed by atoms with Crippen LogP contribution in [0.5, 0.6) is 11.5 Å². The topological polar surface area (TPSA) is 64.5 Å². The van der Waals surface area contributed by atoms with Crippen molar-refractivity contribution in [3.05, 3.63) is 77.1 Å². The Labute approximate surface area is 182 Å². The first-order valence-electron chi connectivity index (χ1n) is 9.09. The predicted octanol–water partition coefficient (Wildman–Crippen LogP) is 5.21. The van der Waals surface area contributed by atoms with Gasteiger partial charge in [-0.05, 0) is 42.0 Å². The highest BCUT2D eigenvalue weighted by molar-refractivity contribution is 7.22. The number of hydrogen-bond acceptors (Lipinski definition) is 6. The summed E-state index contributed by atoms with van der Waals surface area (Å²) in [4.78, 5) is 24.0. The number of nitrogens with zero attached hydrogens (tertiary/aromatic N) is 3. The molecule has 0 aliphatic heterocycles. The molecule has 0 unspecified atom stereocenters. The molecule has 0 aliphatic rings. The molecular weight excluding hydrogens is 422 g/mol. The van der Waals surface area contributed by atoms with Crippen LogP contribution >= 0.6 is 22.9 Å². The second-order valence-corrected chi connectivity index (χ2v) is 7.79. The number of anilines is 1. The maximum atomic E-state index is 13.7. The molecule has 0 saturated heterocycles. The quantitative estimate of drug-likeness (QED) is 0.412. The summed E-state index contributed by atoms with van der Waals surface area (Å²) in [6.07, 6.45) is 3.39. The number of carbonyl (C=O) groups excluding carboxylic acids is 1. The van der Waals surface area contributed by atoms with Crippen molar-refractivity contribution in [3.8, 4) is 11.5 Å². The third kappa shape index (κ3) is 3.81. The summed E-state index contributed by atoms with van der Waals surface area (Å²) in [5.74, 6) is 0.612. The highest BCUT2D eigenvalue weighted by Gasteiger charge is 2.26. The first-order valence-corrected chi connectivity index (χ1v) is 10.3. The Morgan fingerprint density at radius 2 is 1.83 bits per heavy atom. The van der Waals surface area contributed by atoms with Crippen molar-refractivity contribution in [1.82, 2.24) is 9.97 Å². The minimum absolute atomic E-state index is 0.252. The molecule has 30 heavy (non-hydrogen) atoms. The number of amides is 1. The highest BCUT2D eigenvalue weighted by atomic mass is 35.5. The molecule has 6 nitrogen and oxygen atoms in total. The third-order valence-corrected chi connectivity index (χ3v) is 5.91. The van der Waals surface area contributed by atoms with Crippen molar-refractivity contribution in [2.24, 2.45) is 0 Å². The van der Waals surface area contributed by atoms with Crippen molar-refractivity contribution in [2.45, 2.75) is 6.54 Å². The van der Waals surface area contributed by atoms with Gasteiger partial charge in [0.05, 0.1) is 36.1 Å². The van der Waals surface area contributed by atoms with Gasteiger partial charge in [-0.1, -0.05) is 35.1 Å². The normalized spacial score (nSPS) is 10.8. The SMILES string of the molecule is COc1cccc(C(=O)N(Cc2ccncc2)c2nc3c(Cl)cccc3s2)c1OC. The highest BCUT2D eigenvalue weighted by Crippen LogP contribution is 2.36. The smallest absolute Gasteiger partial charge is 0.264 e. The molecule has 8 heteroatoms. The van der Waals surface area contributed by atoms with Crippen molar-refractivity contribution in [1.29, 1.82) is 0 Å². The van der Waals surface area contributed by atoms with Crippen LogP contribution in [0.15, 0.2) is 60.9 Å². The van der Waals surface area contributed by atoms with E-state index >= 15 is 0 Å². The van der Waals surface area contributed by atoms with Crippen molar-refractivity contribution < 1.29 is 14.3 Å². The number of thiazole rings is 1. The van der Waals surface area contributed by atoms with E-state index in [1.54, 1.807) is 41.6 Å². The number of pyridine rings is 1. The number of benzene rings is 2. The maximum absolute atomic E-state index is 13.7. The Morgan fingerprint density at radius 3 is 2.53 bits per heavy atom. The molecule has 0 radical (unpaired) electrons. The summed E-state index contributed by atoms with van der Waals surface area (Å²) >= 11 is 7.72. The number of halogens is 1. The lowest BCUT2D eigenvalue weighted by Gasteiger charge is -2.21. The van der Waals surface area contributed by atoms with Gasteiger partial charge >= 0.3 is 0 Å². The van der Waals surface area contributed by atoms with Gasteiger partial charge in [-0.25, -0.2) is 4.98 Å². The number of fused-ring (bicyclic) bond motifs is 1. The Balaban J connectivity index is 1.83. The van der Waals surface area contributed by atoms with Gasteiger partial charge in [-0.3, -0.25) is 14.7 Å². The van der Waals surface area contributed by atoms with Crippen LogP contribution in [0.2, 0.25) is 5.02 Å². The summed E-state index contributed by atoms with van der Waals surface area (Å²) < 4.78 is 11.7. The van der Waals surface area contributed by atoms with E-state index in [-0.39, 0.29) is 5.91 Å². The van der Waals surface area contributed by atoms with Gasteiger partial charge < -0.3 is 9.47 Å². The monoisotopic (exact) mass is 439 g/mol. The van der Waals surface area contributed by atoms with Crippen molar-refractivity contribution >= 4 is 44.2 Å². The van der Waals surface area contributed by atoms with Crippen LogP contribution in [0, 0.1) is 0 Å². The van der Waals surface area contributed by atoms with Crippen LogP contribution in [-0.4, -0.2) is 30.1 Å². The van der Waals surface area contributed by atoms with Gasteiger partial charge in [-0.15, -0.1) is 0 Å². The van der Waals surface area contributed by atoms with Gasteiger partial charge in [0.25, 0.3) is 5.91 Å². The number of carbonyl (C=O) groups is 1. The van der Waals surface area contributed by atoms with E-state index in [1.165, 1.54) is 25.6 Å². The summed E-state index contributed by atoms with van der Waals surface area (Å²) in [6.45, 7) is 0.319. The molecular formula is C22H18ClN3O3S. The number of ether oxygens (including phenoxy) is 2. The zero-order chi connectivity index (χ0) is 21.1. The largest absolute Gasteiger partial charge is 0.493 e. The van der Waals surface area contributed by atoms with Crippen molar-refractivity contribution in [3.63, 3.8) is 0 Å². The van der Waals surface area contributed by atoms with Crippen LogP contribution in [0.25, 0.3) is 10.2 Å². The van der Waals surface area contributed by atoms with Crippen LogP contribution < -0.4 is 14.4 Å². The number of methoxy groups -OCH3 is 2. The van der Waals surface area contributed by atoms with Crippen LogP contribution in [0.3, 0.4) is 0 Å². The first kappa shape index (κ1) is 20.1. The number of para-hydroxylation sites is 2. The van der Waals surface area contributed by atoms with Crippen LogP contribution in [0.4, 0.5) is 5.13 Å². The zero-order valence-corrected chi connectivity index (χ0v) is 17.9. The molecule has 4 aromatic rings. The number of rotatable bonds is 6. The van der Waals surface area contributed by atoms with E-state index in [9.17, 15) is 4.79 Å². The van der Waals surface area contributed by atoms with Gasteiger partial charge in [0, 0.05) is 12.4 Å². The summed E-state index contributed by atoms with van der Waals surface area (Å²) in [5, 5.41) is 1.09. The molecule has 152 valence electrons. The van der Waals surface area contributed by atoms with Gasteiger partial charge in [0.2, 0.25) is 0 Å². The van der Waals surface area contributed by atoms with E-state index < -0.39 is 0 Å². The lowest BCUT2D eigenvalue weighted by molar-refractivity contribution is 0.0981. The summed E-state index contributed by atoms with van der Waals surface area (Å²) in [6, 6.07) is 14.5. The third-order valence-electron chi connectivity index (χ3n) is 4.56. The molecule has 0 atom stereocenters. The Kier molecular flexibility index (Phi) is 5.83. The van der Waals surface area contributed by atoms with E-state index in [4.69, 9.17) is 21.1 Å². The number of aromatic nitrogens is 2. The molecule has 1 amide bonds. The second kappa shape index (κ2) is 8.69. The summed E-state index contributed by atoms with van der Waals surface area (Å²) in [5.41, 5.74) is 1.98. The minimum Gasteiger partial charge on any atom is -0.493 e. The molecule has 0 spiro atoms. The molecule has 0 aliphatic carbocycles. The standard InChI is InChI=1S/C22H18ClN3O3S/c1-28-17-7-3-5-15(20(17)29-2)21(27)26(13-14-9-11-24-12-10-14)22-25-19-16(23)6-4-8-18(19)30-22/h3-12H,13H2,1-2H3. The fraction of sp³-hybridized carbons (Fsp3) is 0.136. The Hall–Kier alpha value is -3.16. The maximum Gasteiger partial charge on any atom is 0.264 e. The summed E-state index contributed by atoms with van der Waals surface area (Å²) in [7, 11) is 3.05. The van der Waals surface area contributed by atoms with E-state index in [2.05, 4.69) is 9.97 Å². The molecule has 2 aromatic heterocycles. The fourth-order valence-electron chi connectivity index (χ4n) is 3.12. The van der Waals surface area contributed by atoms with E-state index in [1.807, 2.05) is 24.3 Å². The Bertz CT molecular complexity index is 1200. The number of hydrogen-bond donors (Lipinski definition) is 0. The fourth-order valence-corrected chi connectivity index (χ4v) is 4.38. The average molecular weight is 440 g/mol. The Morgan fingerprint density at radius 1 is 1.07 bits per heavy atom. The molecule has 0 N–H and O–H groups in total. The molecule has 0 fully saturated rings. The van der Waals surface area contributed by atoms with Gasteiger partial charge in [0.15, 0.2) is 16.6 Å². The minimum atomic E-state index is -0.252. The molecule has 0 bridgehead atoms. The predicted molar refractivity (Wildman–Crippen MR) is 119 cm³/mol. The molecule has 2 aromatic carbocycles.